The monoisotopic (exact) mass is 269 g/mol. The Bertz CT molecular complexity index is 407. The number of hydrogen-bond donors (Lipinski definition) is 2. The number of nitrogens with zero attached hydrogens (tertiary/aromatic N) is 1. The van der Waals surface area contributed by atoms with Crippen LogP contribution in [0.4, 0.5) is 10.1 Å². The molecular formula is C15H24FNO2. The number of benzene rings is 1. The minimum atomic E-state index is -0.690. The topological polar surface area (TPSA) is 43.7 Å². The van der Waals surface area contributed by atoms with Gasteiger partial charge < -0.3 is 15.1 Å². The van der Waals surface area contributed by atoms with Crippen LogP contribution in [-0.2, 0) is 0 Å². The van der Waals surface area contributed by atoms with Crippen LogP contribution in [0.25, 0.3) is 0 Å². The Hall–Kier alpha value is -1.13. The number of halogens is 1. The maximum Gasteiger partial charge on any atom is 0.126 e. The average molecular weight is 269 g/mol. The number of aliphatic hydroxyl groups is 2. The summed E-state index contributed by atoms with van der Waals surface area (Å²) in [6.07, 6.45) is 2.04. The Kier molecular flexibility index (Phi) is 6.25. The second-order valence-electron chi connectivity index (χ2n) is 5.04. The first kappa shape index (κ1) is 15.9. The van der Waals surface area contributed by atoms with Gasteiger partial charge in [0.2, 0.25) is 0 Å². The lowest BCUT2D eigenvalue weighted by Crippen LogP contribution is -2.21. The molecule has 1 rings (SSSR count). The van der Waals surface area contributed by atoms with Gasteiger partial charge in [-0.3, -0.25) is 0 Å². The summed E-state index contributed by atoms with van der Waals surface area (Å²) in [7, 11) is 1.94. The van der Waals surface area contributed by atoms with Gasteiger partial charge in [0.05, 0.1) is 6.10 Å². The molecule has 0 saturated heterocycles. The fourth-order valence-electron chi connectivity index (χ4n) is 2.10. The molecule has 1 aromatic rings. The zero-order chi connectivity index (χ0) is 14.4. The van der Waals surface area contributed by atoms with Gasteiger partial charge in [0.15, 0.2) is 0 Å². The molecule has 0 aliphatic rings. The van der Waals surface area contributed by atoms with Crippen LogP contribution < -0.4 is 4.90 Å². The molecule has 0 aromatic heterocycles. The van der Waals surface area contributed by atoms with E-state index in [2.05, 4.69) is 0 Å². The van der Waals surface area contributed by atoms with Gasteiger partial charge in [-0.25, -0.2) is 4.39 Å². The molecule has 1 atom stereocenters. The highest BCUT2D eigenvalue weighted by atomic mass is 19.1. The lowest BCUT2D eigenvalue weighted by molar-refractivity contribution is 0.199. The summed E-state index contributed by atoms with van der Waals surface area (Å²) in [5, 5.41) is 18.5. The zero-order valence-corrected chi connectivity index (χ0v) is 12.0. The standard InChI is InChI=1S/C15H24FNO2/c1-11-9-15(13(12(2)19)10-14(11)16)17(3)7-5-4-6-8-18/h9-10,12,18-19H,4-8H2,1-3H3/t12-/m1/s1. The molecule has 1 aromatic carbocycles. The fourth-order valence-corrected chi connectivity index (χ4v) is 2.10. The van der Waals surface area contributed by atoms with Crippen molar-refractivity contribution in [1.82, 2.24) is 0 Å². The van der Waals surface area contributed by atoms with Crippen LogP contribution in [0, 0.1) is 12.7 Å². The number of anilines is 1. The fraction of sp³-hybridized carbons (Fsp3) is 0.600. The van der Waals surface area contributed by atoms with E-state index < -0.39 is 6.10 Å². The molecule has 0 aliphatic heterocycles. The molecule has 19 heavy (non-hydrogen) atoms. The molecule has 108 valence electrons. The molecule has 0 spiro atoms. The number of aryl methyl sites for hydroxylation is 1. The van der Waals surface area contributed by atoms with E-state index in [0.29, 0.717) is 11.1 Å². The van der Waals surface area contributed by atoms with Crippen LogP contribution in [0.15, 0.2) is 12.1 Å². The van der Waals surface area contributed by atoms with E-state index in [0.717, 1.165) is 31.5 Å². The summed E-state index contributed by atoms with van der Waals surface area (Å²) in [5.41, 5.74) is 2.08. The molecule has 0 aliphatic carbocycles. The number of rotatable bonds is 7. The quantitative estimate of drug-likeness (QED) is 0.748. The van der Waals surface area contributed by atoms with Gasteiger partial charge in [-0.05, 0) is 50.8 Å². The smallest absolute Gasteiger partial charge is 0.126 e. The molecule has 0 saturated carbocycles. The van der Waals surface area contributed by atoms with Gasteiger partial charge >= 0.3 is 0 Å². The largest absolute Gasteiger partial charge is 0.396 e. The van der Waals surface area contributed by atoms with E-state index in [1.165, 1.54) is 6.07 Å². The Balaban J connectivity index is 2.82. The van der Waals surface area contributed by atoms with Crippen molar-refractivity contribution < 1.29 is 14.6 Å². The number of aliphatic hydroxyl groups excluding tert-OH is 2. The summed E-state index contributed by atoms with van der Waals surface area (Å²) < 4.78 is 13.6. The minimum Gasteiger partial charge on any atom is -0.396 e. The third-order valence-corrected chi connectivity index (χ3v) is 3.32. The predicted octanol–water partition coefficient (Wildman–Crippen LogP) is 2.79. The van der Waals surface area contributed by atoms with Crippen molar-refractivity contribution in [3.63, 3.8) is 0 Å². The molecule has 0 bridgehead atoms. The summed E-state index contributed by atoms with van der Waals surface area (Å²) in [5.74, 6) is -0.284. The highest BCUT2D eigenvalue weighted by Gasteiger charge is 2.14. The van der Waals surface area contributed by atoms with Gasteiger partial charge in [0, 0.05) is 31.5 Å². The van der Waals surface area contributed by atoms with E-state index in [9.17, 15) is 9.50 Å². The molecule has 3 nitrogen and oxygen atoms in total. The van der Waals surface area contributed by atoms with Crippen molar-refractivity contribution in [1.29, 1.82) is 0 Å². The molecule has 0 heterocycles. The SMILES string of the molecule is Cc1cc(N(C)CCCCCO)c([C@@H](C)O)cc1F. The third-order valence-electron chi connectivity index (χ3n) is 3.32. The lowest BCUT2D eigenvalue weighted by Gasteiger charge is -2.24. The van der Waals surface area contributed by atoms with Crippen LogP contribution in [0.3, 0.4) is 0 Å². The molecular weight excluding hydrogens is 245 g/mol. The van der Waals surface area contributed by atoms with E-state index in [-0.39, 0.29) is 12.4 Å². The van der Waals surface area contributed by atoms with Crippen molar-refractivity contribution in [2.75, 3.05) is 25.1 Å². The van der Waals surface area contributed by atoms with Crippen LogP contribution in [0.1, 0.15) is 43.4 Å². The Morgan fingerprint density at radius 1 is 1.26 bits per heavy atom. The first-order chi connectivity index (χ1) is 8.97. The molecule has 0 amide bonds. The van der Waals surface area contributed by atoms with E-state index >= 15 is 0 Å². The molecule has 0 radical (unpaired) electrons. The first-order valence-corrected chi connectivity index (χ1v) is 6.77. The van der Waals surface area contributed by atoms with Crippen molar-refractivity contribution >= 4 is 5.69 Å². The zero-order valence-electron chi connectivity index (χ0n) is 12.0. The number of unbranched alkanes of at least 4 members (excludes halogenated alkanes) is 2. The van der Waals surface area contributed by atoms with Crippen molar-refractivity contribution in [3.8, 4) is 0 Å². The lowest BCUT2D eigenvalue weighted by atomic mass is 10.0. The summed E-state index contributed by atoms with van der Waals surface area (Å²) in [6, 6.07) is 3.20. The van der Waals surface area contributed by atoms with Gasteiger partial charge in [0.1, 0.15) is 5.82 Å². The van der Waals surface area contributed by atoms with Gasteiger partial charge in [-0.2, -0.15) is 0 Å². The highest BCUT2D eigenvalue weighted by Crippen LogP contribution is 2.28. The van der Waals surface area contributed by atoms with Crippen LogP contribution in [-0.4, -0.2) is 30.4 Å². The van der Waals surface area contributed by atoms with Crippen LogP contribution in [0.2, 0.25) is 0 Å². The number of hydrogen-bond acceptors (Lipinski definition) is 3. The second-order valence-corrected chi connectivity index (χ2v) is 5.04. The Morgan fingerprint density at radius 2 is 1.95 bits per heavy atom. The van der Waals surface area contributed by atoms with E-state index in [1.54, 1.807) is 19.9 Å². The average Bonchev–Trinajstić information content (AvgIpc) is 2.36. The maximum absolute atomic E-state index is 13.6. The van der Waals surface area contributed by atoms with E-state index in [4.69, 9.17) is 5.11 Å². The minimum absolute atomic E-state index is 0.221. The summed E-state index contributed by atoms with van der Waals surface area (Å²) in [4.78, 5) is 2.03. The maximum atomic E-state index is 13.6. The first-order valence-electron chi connectivity index (χ1n) is 6.77. The molecule has 0 fully saturated rings. The molecule has 4 heteroatoms. The highest BCUT2D eigenvalue weighted by molar-refractivity contribution is 5.56. The Labute approximate surface area is 114 Å². The van der Waals surface area contributed by atoms with Crippen molar-refractivity contribution in [2.24, 2.45) is 0 Å². The van der Waals surface area contributed by atoms with Crippen LogP contribution in [0.5, 0.6) is 0 Å². The molecule has 2 N–H and O–H groups in total. The predicted molar refractivity (Wildman–Crippen MR) is 76.0 cm³/mol. The van der Waals surface area contributed by atoms with Gasteiger partial charge in [-0.1, -0.05) is 0 Å². The second kappa shape index (κ2) is 7.46. The van der Waals surface area contributed by atoms with Gasteiger partial charge in [0.25, 0.3) is 0 Å². The van der Waals surface area contributed by atoms with Crippen molar-refractivity contribution in [2.45, 2.75) is 39.2 Å². The van der Waals surface area contributed by atoms with E-state index in [1.807, 2.05) is 11.9 Å². The van der Waals surface area contributed by atoms with Crippen molar-refractivity contribution in [3.05, 3.63) is 29.1 Å². The third kappa shape index (κ3) is 4.48. The van der Waals surface area contributed by atoms with Gasteiger partial charge in [-0.15, -0.1) is 0 Å². The summed E-state index contributed by atoms with van der Waals surface area (Å²) in [6.45, 7) is 4.42. The van der Waals surface area contributed by atoms with Crippen LogP contribution >= 0.6 is 0 Å². The summed E-state index contributed by atoms with van der Waals surface area (Å²) >= 11 is 0. The Morgan fingerprint density at radius 3 is 2.53 bits per heavy atom. The molecule has 0 unspecified atom stereocenters. The normalized spacial score (nSPS) is 12.5.